The van der Waals surface area contributed by atoms with Gasteiger partial charge in [0.25, 0.3) is 5.91 Å². The van der Waals surface area contributed by atoms with E-state index in [2.05, 4.69) is 25.9 Å². The zero-order valence-electron chi connectivity index (χ0n) is 15.2. The van der Waals surface area contributed by atoms with E-state index in [-0.39, 0.29) is 17.9 Å². The van der Waals surface area contributed by atoms with Gasteiger partial charge in [-0.15, -0.1) is 10.2 Å². The van der Waals surface area contributed by atoms with Crippen LogP contribution >= 0.6 is 0 Å². The molecule has 3 aromatic rings. The summed E-state index contributed by atoms with van der Waals surface area (Å²) in [4.78, 5) is 13.0. The van der Waals surface area contributed by atoms with Crippen LogP contribution in [-0.4, -0.2) is 31.8 Å². The predicted molar refractivity (Wildman–Crippen MR) is 99.5 cm³/mol. The number of benzene rings is 2. The van der Waals surface area contributed by atoms with Crippen LogP contribution in [0.3, 0.4) is 0 Å². The van der Waals surface area contributed by atoms with Crippen molar-refractivity contribution in [2.75, 3.05) is 5.73 Å². The molecule has 0 aliphatic heterocycles. The highest BCUT2D eigenvalue weighted by Gasteiger charge is 2.30. The van der Waals surface area contributed by atoms with E-state index in [4.69, 9.17) is 5.73 Å². The van der Waals surface area contributed by atoms with Crippen LogP contribution in [0.25, 0.3) is 11.4 Å². The molecular weight excluding hydrogens is 387 g/mol. The van der Waals surface area contributed by atoms with Crippen LogP contribution in [0.5, 0.6) is 0 Å². The van der Waals surface area contributed by atoms with Crippen molar-refractivity contribution in [3.63, 3.8) is 0 Å². The lowest BCUT2D eigenvalue weighted by Gasteiger charge is -2.06. The number of carbonyl (C=O) groups excluding carboxylic acids is 1. The van der Waals surface area contributed by atoms with Gasteiger partial charge in [0.15, 0.2) is 0 Å². The Kier molecular flexibility index (Phi) is 5.57. The molecule has 1 aromatic heterocycles. The lowest BCUT2D eigenvalue weighted by molar-refractivity contribution is -0.137. The number of carbonyl (C=O) groups is 1. The molecule has 2 aromatic carbocycles. The van der Waals surface area contributed by atoms with E-state index >= 15 is 0 Å². The number of hydrogen-bond donors (Lipinski definition) is 2. The maximum atomic E-state index is 12.8. The second kappa shape index (κ2) is 8.09. The van der Waals surface area contributed by atoms with E-state index in [0.29, 0.717) is 11.4 Å². The van der Waals surface area contributed by atoms with Crippen LogP contribution in [0.15, 0.2) is 53.6 Å². The molecular formula is C18H16F3N7O. The molecule has 3 N–H and O–H groups in total. The molecule has 1 amide bonds. The minimum atomic E-state index is -4.48. The molecule has 0 aliphatic carbocycles. The van der Waals surface area contributed by atoms with Crippen molar-refractivity contribution in [1.82, 2.24) is 25.6 Å². The summed E-state index contributed by atoms with van der Waals surface area (Å²) >= 11 is 0. The number of anilines is 1. The topological polar surface area (TPSA) is 111 Å². The summed E-state index contributed by atoms with van der Waals surface area (Å²) in [6.45, 7) is 1.41. The predicted octanol–water partition coefficient (Wildman–Crippen LogP) is 2.48. The van der Waals surface area contributed by atoms with E-state index < -0.39 is 17.6 Å². The second-order valence-corrected chi connectivity index (χ2v) is 6.08. The molecule has 29 heavy (non-hydrogen) atoms. The summed E-state index contributed by atoms with van der Waals surface area (Å²) in [5, 5.41) is 15.3. The van der Waals surface area contributed by atoms with Crippen LogP contribution in [-0.2, 0) is 17.5 Å². The van der Waals surface area contributed by atoms with Crippen LogP contribution in [0.1, 0.15) is 18.1 Å². The van der Waals surface area contributed by atoms with Crippen LogP contribution in [0.2, 0.25) is 0 Å². The molecule has 0 saturated carbocycles. The third-order valence-corrected chi connectivity index (χ3v) is 3.86. The third kappa shape index (κ3) is 5.15. The Bertz CT molecular complexity index is 1040. The molecule has 11 heteroatoms. The molecule has 8 nitrogen and oxygen atoms in total. The first-order valence-corrected chi connectivity index (χ1v) is 8.37. The summed E-state index contributed by atoms with van der Waals surface area (Å²) in [5.41, 5.74) is 9.26. The van der Waals surface area contributed by atoms with Gasteiger partial charge in [0.1, 0.15) is 6.54 Å². The van der Waals surface area contributed by atoms with Crippen LogP contribution < -0.4 is 11.2 Å². The van der Waals surface area contributed by atoms with Gasteiger partial charge >= 0.3 is 6.18 Å². The number of halogens is 3. The number of rotatable bonds is 5. The minimum Gasteiger partial charge on any atom is -0.399 e. The lowest BCUT2D eigenvalue weighted by atomic mass is 10.1. The zero-order chi connectivity index (χ0) is 21.0. The van der Waals surface area contributed by atoms with Gasteiger partial charge in [-0.1, -0.05) is 24.3 Å². The van der Waals surface area contributed by atoms with Gasteiger partial charge in [0.2, 0.25) is 5.82 Å². The molecule has 150 valence electrons. The SMILES string of the molecule is C/C(=N/NC(=O)Cn1nnc(-c2cccc(C(F)(F)F)c2)n1)c1ccc(N)cc1. The Morgan fingerprint density at radius 2 is 1.93 bits per heavy atom. The average molecular weight is 403 g/mol. The minimum absolute atomic E-state index is 0.0227. The Morgan fingerprint density at radius 3 is 2.62 bits per heavy atom. The van der Waals surface area contributed by atoms with Gasteiger partial charge in [-0.05, 0) is 42.0 Å². The fourth-order valence-electron chi connectivity index (χ4n) is 2.36. The number of aromatic nitrogens is 4. The first-order chi connectivity index (χ1) is 13.7. The fourth-order valence-corrected chi connectivity index (χ4v) is 2.36. The smallest absolute Gasteiger partial charge is 0.399 e. The van der Waals surface area contributed by atoms with Gasteiger partial charge in [0.05, 0.1) is 11.3 Å². The van der Waals surface area contributed by atoms with Gasteiger partial charge < -0.3 is 5.73 Å². The van der Waals surface area contributed by atoms with Crippen LogP contribution in [0.4, 0.5) is 18.9 Å². The van der Waals surface area contributed by atoms with E-state index in [1.165, 1.54) is 12.1 Å². The molecule has 0 unspecified atom stereocenters. The first-order valence-electron chi connectivity index (χ1n) is 8.37. The van der Waals surface area contributed by atoms with Gasteiger partial charge in [-0.3, -0.25) is 4.79 Å². The molecule has 0 aliphatic rings. The summed E-state index contributed by atoms with van der Waals surface area (Å²) in [5.74, 6) is -0.543. The number of nitrogens with two attached hydrogens (primary N) is 1. The van der Waals surface area contributed by atoms with Crippen molar-refractivity contribution < 1.29 is 18.0 Å². The second-order valence-electron chi connectivity index (χ2n) is 6.08. The summed E-state index contributed by atoms with van der Waals surface area (Å²) < 4.78 is 38.5. The molecule has 0 fully saturated rings. The summed E-state index contributed by atoms with van der Waals surface area (Å²) in [6.07, 6.45) is -4.48. The molecule has 0 atom stereocenters. The zero-order valence-corrected chi connectivity index (χ0v) is 15.2. The molecule has 0 radical (unpaired) electrons. The van der Waals surface area contributed by atoms with Crippen molar-refractivity contribution in [2.45, 2.75) is 19.6 Å². The molecule has 0 bridgehead atoms. The number of alkyl halides is 3. The normalized spacial score (nSPS) is 12.1. The monoisotopic (exact) mass is 403 g/mol. The Balaban J connectivity index is 1.65. The lowest BCUT2D eigenvalue weighted by Crippen LogP contribution is -2.25. The highest BCUT2D eigenvalue weighted by atomic mass is 19.4. The van der Waals surface area contributed by atoms with Crippen molar-refractivity contribution in [2.24, 2.45) is 5.10 Å². The van der Waals surface area contributed by atoms with Crippen molar-refractivity contribution in [3.05, 3.63) is 59.7 Å². The van der Waals surface area contributed by atoms with E-state index in [1.807, 2.05) is 0 Å². The number of hydrogen-bond acceptors (Lipinski definition) is 6. The van der Waals surface area contributed by atoms with Crippen molar-refractivity contribution in [3.8, 4) is 11.4 Å². The van der Waals surface area contributed by atoms with E-state index in [1.54, 1.807) is 31.2 Å². The maximum absolute atomic E-state index is 12.8. The van der Waals surface area contributed by atoms with E-state index in [9.17, 15) is 18.0 Å². The Morgan fingerprint density at radius 1 is 1.21 bits per heavy atom. The number of tetrazole rings is 1. The molecule has 1 heterocycles. The Hall–Kier alpha value is -3.76. The van der Waals surface area contributed by atoms with E-state index in [0.717, 1.165) is 22.5 Å². The number of amides is 1. The highest BCUT2D eigenvalue weighted by Crippen LogP contribution is 2.31. The van der Waals surface area contributed by atoms with Crippen molar-refractivity contribution >= 4 is 17.3 Å². The number of nitrogens with one attached hydrogen (secondary N) is 1. The van der Waals surface area contributed by atoms with Gasteiger partial charge in [-0.25, -0.2) is 5.43 Å². The van der Waals surface area contributed by atoms with Crippen molar-refractivity contribution in [1.29, 1.82) is 0 Å². The quantitative estimate of drug-likeness (QED) is 0.386. The fraction of sp³-hybridized carbons (Fsp3) is 0.167. The maximum Gasteiger partial charge on any atom is 0.416 e. The van der Waals surface area contributed by atoms with Gasteiger partial charge in [-0.2, -0.15) is 23.1 Å². The highest BCUT2D eigenvalue weighted by molar-refractivity contribution is 5.99. The number of nitrogens with zero attached hydrogens (tertiary/aromatic N) is 5. The standard InChI is InChI=1S/C18H16F3N7O/c1-11(12-5-7-15(22)8-6-12)23-24-16(29)10-28-26-17(25-27-28)13-3-2-4-14(9-13)18(19,20)21/h2-9H,10,22H2,1H3,(H,24,29)/b23-11-. The molecule has 0 saturated heterocycles. The number of nitrogen functional groups attached to an aromatic ring is 1. The van der Waals surface area contributed by atoms with Gasteiger partial charge in [0, 0.05) is 11.3 Å². The number of hydrazone groups is 1. The van der Waals surface area contributed by atoms with Crippen LogP contribution in [0, 0.1) is 0 Å². The summed E-state index contributed by atoms with van der Waals surface area (Å²) in [7, 11) is 0. The largest absolute Gasteiger partial charge is 0.416 e. The molecule has 0 spiro atoms. The third-order valence-electron chi connectivity index (χ3n) is 3.86. The molecule has 3 rings (SSSR count). The Labute approximate surface area is 163 Å². The summed E-state index contributed by atoms with van der Waals surface area (Å²) in [6, 6.07) is 11.5. The first kappa shape index (κ1) is 20.0. The average Bonchev–Trinajstić information content (AvgIpc) is 3.14.